The third-order valence-electron chi connectivity index (χ3n) is 3.27. The minimum absolute atomic E-state index is 0.269. The van der Waals surface area contributed by atoms with Gasteiger partial charge in [0, 0.05) is 19.6 Å². The van der Waals surface area contributed by atoms with Gasteiger partial charge in [-0.3, -0.25) is 0 Å². The van der Waals surface area contributed by atoms with Crippen LogP contribution in [0.3, 0.4) is 0 Å². The summed E-state index contributed by atoms with van der Waals surface area (Å²) in [5.74, 6) is 0. The molecule has 2 rings (SSSR count). The lowest BCUT2D eigenvalue weighted by molar-refractivity contribution is 0.402. The van der Waals surface area contributed by atoms with Gasteiger partial charge >= 0.3 is 0 Å². The van der Waals surface area contributed by atoms with Gasteiger partial charge in [0.25, 0.3) is 10.2 Å². The van der Waals surface area contributed by atoms with Crippen LogP contribution in [0.2, 0.25) is 0 Å². The predicted molar refractivity (Wildman–Crippen MR) is 92.9 cm³/mol. The Labute approximate surface area is 138 Å². The van der Waals surface area contributed by atoms with Crippen molar-refractivity contribution in [1.82, 2.24) is 14.3 Å². The van der Waals surface area contributed by atoms with E-state index < -0.39 is 10.2 Å². The van der Waals surface area contributed by atoms with Gasteiger partial charge in [0.15, 0.2) is 0 Å². The van der Waals surface area contributed by atoms with Crippen molar-refractivity contribution in [3.05, 3.63) is 71.3 Å². The Morgan fingerprint density at radius 1 is 0.826 bits per heavy atom. The lowest BCUT2D eigenvalue weighted by Gasteiger charge is -2.12. The average Bonchev–Trinajstić information content (AvgIpc) is 2.52. The smallest absolute Gasteiger partial charge is 0.277 e. The molecule has 2 aromatic carbocycles. The van der Waals surface area contributed by atoms with E-state index >= 15 is 0 Å². The quantitative estimate of drug-likeness (QED) is 0.775. The molecule has 2 aromatic rings. The summed E-state index contributed by atoms with van der Waals surface area (Å²) < 4.78 is 29.1. The standard InChI is InChI=1S/C17H23N3O2S/c1-20(2)14-17-10-6-9-16(11-17)13-19-23(21,22)18-12-15-7-4-3-5-8-15/h3-11,18-19H,12-14H2,1-2H3. The highest BCUT2D eigenvalue weighted by Gasteiger charge is 2.09. The summed E-state index contributed by atoms with van der Waals surface area (Å²) in [6.45, 7) is 1.37. The first-order valence-corrected chi connectivity index (χ1v) is 8.94. The van der Waals surface area contributed by atoms with Crippen molar-refractivity contribution in [2.24, 2.45) is 0 Å². The van der Waals surface area contributed by atoms with Crippen LogP contribution in [0.4, 0.5) is 0 Å². The van der Waals surface area contributed by atoms with Crippen LogP contribution in [0.15, 0.2) is 54.6 Å². The Morgan fingerprint density at radius 3 is 2.04 bits per heavy atom. The molecule has 0 aliphatic rings. The Bertz CT molecular complexity index is 716. The van der Waals surface area contributed by atoms with Crippen molar-refractivity contribution < 1.29 is 8.42 Å². The van der Waals surface area contributed by atoms with Gasteiger partial charge in [-0.2, -0.15) is 17.9 Å². The van der Waals surface area contributed by atoms with Crippen LogP contribution in [0.25, 0.3) is 0 Å². The zero-order chi connectivity index (χ0) is 16.7. The van der Waals surface area contributed by atoms with Gasteiger partial charge in [0.1, 0.15) is 0 Å². The van der Waals surface area contributed by atoms with Crippen LogP contribution in [0.1, 0.15) is 16.7 Å². The summed E-state index contributed by atoms with van der Waals surface area (Å²) in [6.07, 6.45) is 0. The molecule has 0 atom stereocenters. The van der Waals surface area contributed by atoms with E-state index in [1.54, 1.807) is 0 Å². The normalized spacial score (nSPS) is 11.8. The molecule has 0 aromatic heterocycles. The Morgan fingerprint density at radius 2 is 1.39 bits per heavy atom. The first kappa shape index (κ1) is 17.6. The van der Waals surface area contributed by atoms with Crippen molar-refractivity contribution >= 4 is 10.2 Å². The fourth-order valence-electron chi connectivity index (χ4n) is 2.21. The van der Waals surface area contributed by atoms with Gasteiger partial charge in [-0.1, -0.05) is 54.6 Å². The molecule has 0 fully saturated rings. The summed E-state index contributed by atoms with van der Waals surface area (Å²) in [4.78, 5) is 2.07. The van der Waals surface area contributed by atoms with Crippen LogP contribution in [0, 0.1) is 0 Å². The molecule has 0 saturated heterocycles. The molecule has 0 heterocycles. The third kappa shape index (κ3) is 6.50. The molecule has 0 saturated carbocycles. The van der Waals surface area contributed by atoms with E-state index in [9.17, 15) is 8.42 Å². The SMILES string of the molecule is CN(C)Cc1cccc(CNS(=O)(=O)NCc2ccccc2)c1. The van der Waals surface area contributed by atoms with Crippen LogP contribution < -0.4 is 9.44 Å². The lowest BCUT2D eigenvalue weighted by atomic mass is 10.1. The molecule has 0 amide bonds. The lowest BCUT2D eigenvalue weighted by Crippen LogP contribution is -2.35. The van der Waals surface area contributed by atoms with E-state index in [1.165, 1.54) is 0 Å². The number of benzene rings is 2. The molecule has 0 aliphatic heterocycles. The van der Waals surface area contributed by atoms with Crippen LogP contribution >= 0.6 is 0 Å². The number of hydrogen-bond donors (Lipinski definition) is 2. The molecule has 23 heavy (non-hydrogen) atoms. The fraction of sp³-hybridized carbons (Fsp3) is 0.294. The van der Waals surface area contributed by atoms with E-state index in [2.05, 4.69) is 14.3 Å². The number of hydrogen-bond acceptors (Lipinski definition) is 3. The van der Waals surface area contributed by atoms with Crippen molar-refractivity contribution in [3.63, 3.8) is 0 Å². The summed E-state index contributed by atoms with van der Waals surface area (Å²) in [5.41, 5.74) is 3.02. The number of nitrogens with zero attached hydrogens (tertiary/aromatic N) is 1. The van der Waals surface area contributed by atoms with Gasteiger partial charge in [-0.25, -0.2) is 0 Å². The first-order valence-electron chi connectivity index (χ1n) is 7.45. The Balaban J connectivity index is 1.89. The molecule has 5 nitrogen and oxygen atoms in total. The predicted octanol–water partition coefficient (Wildman–Crippen LogP) is 1.87. The summed E-state index contributed by atoms with van der Waals surface area (Å²) >= 11 is 0. The zero-order valence-electron chi connectivity index (χ0n) is 13.5. The zero-order valence-corrected chi connectivity index (χ0v) is 14.3. The maximum atomic E-state index is 12.0. The second-order valence-corrected chi connectivity index (χ2v) is 7.27. The summed E-state index contributed by atoms with van der Waals surface area (Å²) in [5, 5.41) is 0. The van der Waals surface area contributed by atoms with E-state index in [1.807, 2.05) is 68.7 Å². The Kier molecular flexibility index (Phi) is 6.29. The molecule has 2 N–H and O–H groups in total. The van der Waals surface area contributed by atoms with Crippen LogP contribution in [-0.4, -0.2) is 27.4 Å². The molecule has 0 unspecified atom stereocenters. The van der Waals surface area contributed by atoms with Crippen molar-refractivity contribution in [1.29, 1.82) is 0 Å². The van der Waals surface area contributed by atoms with Crippen molar-refractivity contribution in [2.75, 3.05) is 14.1 Å². The highest BCUT2D eigenvalue weighted by atomic mass is 32.2. The minimum atomic E-state index is -3.52. The summed E-state index contributed by atoms with van der Waals surface area (Å²) in [6, 6.07) is 17.3. The second-order valence-electron chi connectivity index (χ2n) is 5.69. The van der Waals surface area contributed by atoms with Gasteiger partial charge in [0.05, 0.1) is 0 Å². The largest absolute Gasteiger partial charge is 0.305 e. The first-order chi connectivity index (χ1) is 10.9. The van der Waals surface area contributed by atoms with E-state index in [-0.39, 0.29) is 13.1 Å². The fourth-order valence-corrected chi connectivity index (χ4v) is 3.02. The van der Waals surface area contributed by atoms with Crippen molar-refractivity contribution in [3.8, 4) is 0 Å². The molecule has 124 valence electrons. The van der Waals surface area contributed by atoms with E-state index in [0.29, 0.717) is 0 Å². The molecular formula is C17H23N3O2S. The van der Waals surface area contributed by atoms with Gasteiger partial charge < -0.3 is 4.90 Å². The van der Waals surface area contributed by atoms with Crippen LogP contribution in [0.5, 0.6) is 0 Å². The molecule has 0 radical (unpaired) electrons. The Hall–Kier alpha value is -1.73. The topological polar surface area (TPSA) is 61.4 Å². The highest BCUT2D eigenvalue weighted by molar-refractivity contribution is 7.87. The molecule has 0 bridgehead atoms. The summed E-state index contributed by atoms with van der Waals surface area (Å²) in [7, 11) is 0.481. The van der Waals surface area contributed by atoms with Gasteiger partial charge in [-0.15, -0.1) is 0 Å². The number of nitrogens with one attached hydrogen (secondary N) is 2. The van der Waals surface area contributed by atoms with Crippen molar-refractivity contribution in [2.45, 2.75) is 19.6 Å². The maximum absolute atomic E-state index is 12.0. The number of rotatable bonds is 8. The van der Waals surface area contributed by atoms with E-state index in [4.69, 9.17) is 0 Å². The van der Waals surface area contributed by atoms with Crippen LogP contribution in [-0.2, 0) is 29.8 Å². The molecule has 6 heteroatoms. The monoisotopic (exact) mass is 333 g/mol. The second kappa shape index (κ2) is 8.21. The average molecular weight is 333 g/mol. The molecular weight excluding hydrogens is 310 g/mol. The molecule has 0 spiro atoms. The highest BCUT2D eigenvalue weighted by Crippen LogP contribution is 2.07. The minimum Gasteiger partial charge on any atom is -0.305 e. The molecule has 0 aliphatic carbocycles. The maximum Gasteiger partial charge on any atom is 0.277 e. The van der Waals surface area contributed by atoms with E-state index in [0.717, 1.165) is 23.2 Å². The van der Waals surface area contributed by atoms with Gasteiger partial charge in [-0.05, 0) is 30.8 Å². The van der Waals surface area contributed by atoms with Gasteiger partial charge in [0.2, 0.25) is 0 Å². The third-order valence-corrected chi connectivity index (χ3v) is 4.31.